The van der Waals surface area contributed by atoms with Crippen LogP contribution in [-0.2, 0) is 0 Å². The van der Waals surface area contributed by atoms with Crippen molar-refractivity contribution >= 4 is 55.2 Å². The smallest absolute Gasteiger partial charge is 0.240 e. The van der Waals surface area contributed by atoms with Gasteiger partial charge in [-0.05, 0) is 35.8 Å². The molecule has 3 aromatic heterocycles. The lowest BCUT2D eigenvalue weighted by Crippen LogP contribution is -2.08. The number of hydrogen-bond donors (Lipinski definition) is 0. The molecule has 0 unspecified atom stereocenters. The Bertz CT molecular complexity index is 2150. The molecule has 0 aliphatic rings. The van der Waals surface area contributed by atoms with Crippen LogP contribution in [0.15, 0.2) is 96.9 Å². The van der Waals surface area contributed by atoms with E-state index < -0.39 is 48.3 Å². The van der Waals surface area contributed by atoms with E-state index >= 15 is 0 Å². The van der Waals surface area contributed by atoms with Crippen molar-refractivity contribution in [2.75, 3.05) is 0 Å². The molecule has 0 atom stereocenters. The molecule has 0 saturated carbocycles. The molecule has 0 N–H and O–H groups in total. The van der Waals surface area contributed by atoms with E-state index in [-0.39, 0.29) is 39.0 Å². The largest absolute Gasteiger partial charge is 0.278 e. The van der Waals surface area contributed by atoms with Gasteiger partial charge in [-0.25, -0.2) is 0 Å². The molecule has 0 bridgehead atoms. The molecule has 0 amide bonds. The zero-order valence-corrected chi connectivity index (χ0v) is 17.5. The normalized spacial score (nSPS) is 15.2. The van der Waals surface area contributed by atoms with Gasteiger partial charge in [0.25, 0.3) is 0 Å². The van der Waals surface area contributed by atoms with Crippen LogP contribution in [0.2, 0.25) is 5.28 Å². The highest BCUT2D eigenvalue weighted by atomic mass is 35.5. The summed E-state index contributed by atoms with van der Waals surface area (Å²) in [5.74, 6) is -0.0500. The summed E-state index contributed by atoms with van der Waals surface area (Å²) in [7, 11) is 0. The Morgan fingerprint density at radius 2 is 1.00 bits per heavy atom. The van der Waals surface area contributed by atoms with E-state index in [1.807, 2.05) is 48.5 Å². The zero-order valence-electron chi connectivity index (χ0n) is 24.7. The topological polar surface area (TPSA) is 48.5 Å². The van der Waals surface area contributed by atoms with Crippen LogP contribution in [0, 0.1) is 0 Å². The summed E-state index contributed by atoms with van der Waals surface area (Å²) in [6, 6.07) is 11.4. The van der Waals surface area contributed by atoms with Gasteiger partial charge in [0.05, 0.1) is 33.0 Å². The number of benzene rings is 4. The minimum atomic E-state index is -0.537. The third kappa shape index (κ3) is 2.63. The molecular weight excluding hydrogens is 430 g/mol. The second-order valence-electron chi connectivity index (χ2n) is 7.36. The predicted octanol–water partition coefficient (Wildman–Crippen LogP) is 6.72. The van der Waals surface area contributed by atoms with Gasteiger partial charge in [0.15, 0.2) is 0 Å². The van der Waals surface area contributed by atoms with Crippen molar-refractivity contribution in [1.29, 1.82) is 0 Å². The second-order valence-corrected chi connectivity index (χ2v) is 7.69. The van der Waals surface area contributed by atoms with Gasteiger partial charge >= 0.3 is 0 Å². The summed E-state index contributed by atoms with van der Waals surface area (Å²) < 4.78 is 70.8. The molecule has 0 aliphatic heterocycles. The highest BCUT2D eigenvalue weighted by Gasteiger charge is 2.18. The van der Waals surface area contributed by atoms with Crippen molar-refractivity contribution in [3.05, 3.63) is 102 Å². The summed E-state index contributed by atoms with van der Waals surface area (Å²) in [4.78, 5) is 13.3. The molecule has 7 rings (SSSR count). The first-order valence-electron chi connectivity index (χ1n) is 14.0. The summed E-state index contributed by atoms with van der Waals surface area (Å²) in [5.41, 5.74) is 1.36. The average molecular weight is 454 g/mol. The lowest BCUT2D eigenvalue weighted by Gasteiger charge is -2.10. The SMILES string of the molecule is [2H]c1c([2H])c([2H])c2c(c1[2H])c1c([2H])c([2H])c([2H])c([2H])c1n2-c1nc(Cl)nc(-n2c3ccccc3c3ccccc32)n1. The number of para-hydroxylation sites is 4. The van der Waals surface area contributed by atoms with Crippen molar-refractivity contribution in [2.24, 2.45) is 0 Å². The first-order chi connectivity index (χ1) is 19.6. The number of hydrogen-bond acceptors (Lipinski definition) is 3. The average Bonchev–Trinajstić information content (AvgIpc) is 3.51. The molecule has 4 aromatic carbocycles. The van der Waals surface area contributed by atoms with E-state index in [9.17, 15) is 0 Å². The van der Waals surface area contributed by atoms with Crippen LogP contribution in [-0.4, -0.2) is 24.1 Å². The van der Waals surface area contributed by atoms with Crippen molar-refractivity contribution in [3.8, 4) is 11.9 Å². The highest BCUT2D eigenvalue weighted by molar-refractivity contribution is 6.28. The van der Waals surface area contributed by atoms with E-state index in [1.54, 1.807) is 4.57 Å². The summed E-state index contributed by atoms with van der Waals surface area (Å²) >= 11 is 6.45. The number of aromatic nitrogens is 5. The first-order valence-corrected chi connectivity index (χ1v) is 10.4. The molecule has 156 valence electrons. The van der Waals surface area contributed by atoms with Gasteiger partial charge < -0.3 is 0 Å². The van der Waals surface area contributed by atoms with Gasteiger partial charge in [-0.2, -0.15) is 15.0 Å². The Hall–Kier alpha value is -4.22. The Morgan fingerprint density at radius 1 is 0.545 bits per heavy atom. The Kier molecular flexibility index (Phi) is 2.53. The van der Waals surface area contributed by atoms with Gasteiger partial charge in [-0.3, -0.25) is 9.13 Å². The van der Waals surface area contributed by atoms with Gasteiger partial charge in [0, 0.05) is 21.5 Å². The maximum Gasteiger partial charge on any atom is 0.240 e. The van der Waals surface area contributed by atoms with Gasteiger partial charge in [-0.15, -0.1) is 0 Å². The predicted molar refractivity (Wildman–Crippen MR) is 134 cm³/mol. The fourth-order valence-electron chi connectivity index (χ4n) is 4.29. The van der Waals surface area contributed by atoms with E-state index in [0.717, 1.165) is 21.8 Å². The molecule has 0 spiro atoms. The number of rotatable bonds is 2. The van der Waals surface area contributed by atoms with Crippen molar-refractivity contribution in [2.45, 2.75) is 0 Å². The minimum absolute atomic E-state index is 0.0760. The van der Waals surface area contributed by atoms with Crippen molar-refractivity contribution in [1.82, 2.24) is 24.1 Å². The number of nitrogens with zero attached hydrogens (tertiary/aromatic N) is 5. The van der Waals surface area contributed by atoms with Crippen molar-refractivity contribution < 1.29 is 11.0 Å². The number of halogens is 1. The van der Waals surface area contributed by atoms with Crippen LogP contribution >= 0.6 is 11.6 Å². The molecule has 5 nitrogen and oxygen atoms in total. The van der Waals surface area contributed by atoms with Crippen LogP contribution < -0.4 is 0 Å². The van der Waals surface area contributed by atoms with E-state index in [4.69, 9.17) is 22.6 Å². The molecule has 0 aliphatic carbocycles. The van der Waals surface area contributed by atoms with Crippen LogP contribution in [0.25, 0.3) is 55.5 Å². The maximum absolute atomic E-state index is 8.72. The van der Waals surface area contributed by atoms with Crippen LogP contribution in [0.1, 0.15) is 11.0 Å². The Balaban J connectivity index is 1.68. The van der Waals surface area contributed by atoms with Crippen LogP contribution in [0.4, 0.5) is 0 Å². The monoisotopic (exact) mass is 453 g/mol. The van der Waals surface area contributed by atoms with Crippen LogP contribution in [0.5, 0.6) is 0 Å². The fourth-order valence-corrected chi connectivity index (χ4v) is 4.44. The Morgan fingerprint density at radius 3 is 1.55 bits per heavy atom. The standard InChI is InChI=1S/C27H16ClN5/c28-25-29-26(32-21-13-5-1-9-17(21)18-10-2-6-14-22(18)32)31-27(30-25)33-23-15-7-3-11-19(23)20-12-4-8-16-24(20)33/h1-16H/i1D,2D,5D,6D,9D,10D,13D,14D. The zero-order chi connectivity index (χ0) is 28.9. The first kappa shape index (κ1) is 12.1. The molecule has 3 heterocycles. The lowest BCUT2D eigenvalue weighted by atomic mass is 10.2. The third-order valence-corrected chi connectivity index (χ3v) is 5.77. The maximum atomic E-state index is 8.72. The quantitative estimate of drug-likeness (QED) is 0.292. The molecule has 0 radical (unpaired) electrons. The second kappa shape index (κ2) is 6.89. The molecule has 33 heavy (non-hydrogen) atoms. The van der Waals surface area contributed by atoms with Gasteiger partial charge in [0.1, 0.15) is 0 Å². The lowest BCUT2D eigenvalue weighted by molar-refractivity contribution is 0.887. The summed E-state index contributed by atoms with van der Waals surface area (Å²) in [5, 5.41) is 1.52. The molecule has 0 saturated heterocycles. The molecule has 0 fully saturated rings. The molecular formula is C27H16ClN5. The van der Waals surface area contributed by atoms with Crippen molar-refractivity contribution in [3.63, 3.8) is 0 Å². The summed E-state index contributed by atoms with van der Waals surface area (Å²) in [6.45, 7) is 0. The van der Waals surface area contributed by atoms with Gasteiger partial charge in [-0.1, -0.05) is 72.7 Å². The van der Waals surface area contributed by atoms with Crippen LogP contribution in [0.3, 0.4) is 0 Å². The van der Waals surface area contributed by atoms with E-state index in [1.165, 1.54) is 4.57 Å². The Labute approximate surface area is 204 Å². The molecule has 7 aromatic rings. The molecule has 6 heteroatoms. The minimum Gasteiger partial charge on any atom is -0.278 e. The summed E-state index contributed by atoms with van der Waals surface area (Å²) in [6.07, 6.45) is 0. The fraction of sp³-hybridized carbons (Fsp3) is 0. The van der Waals surface area contributed by atoms with Gasteiger partial charge in [0.2, 0.25) is 17.2 Å². The highest BCUT2D eigenvalue weighted by Crippen LogP contribution is 2.33. The number of fused-ring (bicyclic) bond motifs is 6. The van der Waals surface area contributed by atoms with E-state index in [0.29, 0.717) is 0 Å². The van der Waals surface area contributed by atoms with E-state index in [2.05, 4.69) is 15.0 Å². The third-order valence-electron chi connectivity index (χ3n) is 5.60.